The molecule has 1 fully saturated rings. The number of carbonyl (C=O) groups excluding carboxylic acids is 2. The summed E-state index contributed by atoms with van der Waals surface area (Å²) in [6.45, 7) is 4.63. The molecule has 1 unspecified atom stereocenters. The summed E-state index contributed by atoms with van der Waals surface area (Å²) in [6, 6.07) is 0.157. The zero-order valence-corrected chi connectivity index (χ0v) is 9.49. The van der Waals surface area contributed by atoms with Gasteiger partial charge in [0.15, 0.2) is 0 Å². The Balaban J connectivity index is 2.59. The molecule has 0 bridgehead atoms. The van der Waals surface area contributed by atoms with Crippen molar-refractivity contribution in [1.29, 1.82) is 0 Å². The maximum atomic E-state index is 11.7. The Bertz CT molecular complexity index is 240. The molecule has 0 N–H and O–H groups in total. The topological polar surface area (TPSA) is 46.6 Å². The number of nitrogens with zero attached hydrogens (tertiary/aromatic N) is 1. The first-order chi connectivity index (χ1) is 7.16. The second-order valence-corrected chi connectivity index (χ2v) is 3.92. The highest BCUT2D eigenvalue weighted by Crippen LogP contribution is 2.16. The average molecular weight is 213 g/mol. The zero-order valence-electron chi connectivity index (χ0n) is 9.49. The van der Waals surface area contributed by atoms with E-state index in [2.05, 4.69) is 0 Å². The van der Waals surface area contributed by atoms with Crippen LogP contribution in [0.4, 0.5) is 0 Å². The number of ether oxygens (including phenoxy) is 1. The molecule has 0 aromatic rings. The minimum absolute atomic E-state index is 0.157. The number of carbonyl (C=O) groups is 2. The molecule has 4 heteroatoms. The molecule has 15 heavy (non-hydrogen) atoms. The van der Waals surface area contributed by atoms with Crippen LogP contribution in [0.25, 0.3) is 0 Å². The lowest BCUT2D eigenvalue weighted by molar-refractivity contribution is -0.160. The van der Waals surface area contributed by atoms with E-state index in [1.54, 1.807) is 11.8 Å². The molecule has 1 saturated heterocycles. The fourth-order valence-electron chi connectivity index (χ4n) is 1.89. The van der Waals surface area contributed by atoms with Crippen LogP contribution in [-0.4, -0.2) is 36.0 Å². The van der Waals surface area contributed by atoms with E-state index in [9.17, 15) is 9.59 Å². The van der Waals surface area contributed by atoms with Crippen LogP contribution in [0.5, 0.6) is 0 Å². The molecule has 0 saturated carbocycles. The van der Waals surface area contributed by atoms with E-state index in [0.29, 0.717) is 6.54 Å². The standard InChI is InChI=1S/C11H19NO3/c1-3-15-11(14)10(13)12-8-6-4-5-7-9(12)2/h9H,3-8H2,1-2H3. The Labute approximate surface area is 90.6 Å². The Kier molecular flexibility index (Phi) is 4.59. The maximum absolute atomic E-state index is 11.7. The van der Waals surface area contributed by atoms with Crippen molar-refractivity contribution in [2.45, 2.75) is 45.6 Å². The van der Waals surface area contributed by atoms with Gasteiger partial charge in [0.1, 0.15) is 0 Å². The number of hydrogen-bond donors (Lipinski definition) is 0. The number of amides is 1. The van der Waals surface area contributed by atoms with Crippen molar-refractivity contribution in [2.75, 3.05) is 13.2 Å². The van der Waals surface area contributed by atoms with Gasteiger partial charge in [0.05, 0.1) is 6.61 Å². The molecule has 0 aliphatic carbocycles. The first kappa shape index (κ1) is 12.0. The largest absolute Gasteiger partial charge is 0.459 e. The third-order valence-corrected chi connectivity index (χ3v) is 2.76. The van der Waals surface area contributed by atoms with Gasteiger partial charge in [-0.3, -0.25) is 4.79 Å². The number of likely N-dealkylation sites (tertiary alicyclic amines) is 1. The summed E-state index contributed by atoms with van der Waals surface area (Å²) in [5.74, 6) is -1.20. The molecule has 0 aromatic heterocycles. The normalized spacial score (nSPS) is 22.0. The lowest BCUT2D eigenvalue weighted by Gasteiger charge is -2.25. The number of esters is 1. The molecule has 86 valence electrons. The second-order valence-electron chi connectivity index (χ2n) is 3.92. The van der Waals surface area contributed by atoms with E-state index >= 15 is 0 Å². The summed E-state index contributed by atoms with van der Waals surface area (Å²) in [7, 11) is 0. The quantitative estimate of drug-likeness (QED) is 0.488. The highest BCUT2D eigenvalue weighted by molar-refractivity contribution is 6.32. The lowest BCUT2D eigenvalue weighted by Crippen LogP contribution is -2.43. The van der Waals surface area contributed by atoms with Gasteiger partial charge in [-0.25, -0.2) is 4.79 Å². The summed E-state index contributed by atoms with van der Waals surface area (Å²) in [6.07, 6.45) is 4.23. The van der Waals surface area contributed by atoms with Gasteiger partial charge in [-0.15, -0.1) is 0 Å². The van der Waals surface area contributed by atoms with Crippen LogP contribution >= 0.6 is 0 Å². The Morgan fingerprint density at radius 3 is 2.73 bits per heavy atom. The molecule has 1 aliphatic heterocycles. The van der Waals surface area contributed by atoms with E-state index in [1.807, 2.05) is 6.92 Å². The smallest absolute Gasteiger partial charge is 0.397 e. The summed E-state index contributed by atoms with van der Waals surface area (Å²) in [5, 5.41) is 0. The minimum Gasteiger partial charge on any atom is -0.459 e. The van der Waals surface area contributed by atoms with E-state index < -0.39 is 11.9 Å². The van der Waals surface area contributed by atoms with Gasteiger partial charge in [-0.2, -0.15) is 0 Å². The Hall–Kier alpha value is -1.06. The average Bonchev–Trinajstić information content (AvgIpc) is 2.42. The van der Waals surface area contributed by atoms with Crippen LogP contribution in [0.15, 0.2) is 0 Å². The van der Waals surface area contributed by atoms with Gasteiger partial charge < -0.3 is 9.64 Å². The molecule has 4 nitrogen and oxygen atoms in total. The predicted octanol–water partition coefficient (Wildman–Crippen LogP) is 1.34. The van der Waals surface area contributed by atoms with Crippen molar-refractivity contribution in [2.24, 2.45) is 0 Å². The minimum atomic E-state index is -0.716. The van der Waals surface area contributed by atoms with Gasteiger partial charge in [-0.05, 0) is 26.7 Å². The van der Waals surface area contributed by atoms with E-state index in [1.165, 1.54) is 0 Å². The van der Waals surface area contributed by atoms with Crippen LogP contribution in [0.2, 0.25) is 0 Å². The maximum Gasteiger partial charge on any atom is 0.397 e. The molecule has 0 aromatic carbocycles. The van der Waals surface area contributed by atoms with Crippen molar-refractivity contribution in [3.63, 3.8) is 0 Å². The van der Waals surface area contributed by atoms with Crippen molar-refractivity contribution >= 4 is 11.9 Å². The third-order valence-electron chi connectivity index (χ3n) is 2.76. The van der Waals surface area contributed by atoms with Gasteiger partial charge in [0.2, 0.25) is 0 Å². The Morgan fingerprint density at radius 2 is 2.07 bits per heavy atom. The second kappa shape index (κ2) is 5.73. The van der Waals surface area contributed by atoms with Gasteiger partial charge in [0.25, 0.3) is 0 Å². The SMILES string of the molecule is CCOC(=O)C(=O)N1CCCCCC1C. The van der Waals surface area contributed by atoms with E-state index in [0.717, 1.165) is 25.7 Å². The van der Waals surface area contributed by atoms with Crippen LogP contribution in [0.3, 0.4) is 0 Å². The highest BCUT2D eigenvalue weighted by Gasteiger charge is 2.27. The summed E-state index contributed by atoms with van der Waals surface area (Å²) < 4.78 is 4.72. The van der Waals surface area contributed by atoms with Crippen LogP contribution < -0.4 is 0 Å². The summed E-state index contributed by atoms with van der Waals surface area (Å²) in [5.41, 5.74) is 0. The third kappa shape index (κ3) is 3.22. The molecular formula is C11H19NO3. The lowest BCUT2D eigenvalue weighted by atomic mass is 10.1. The van der Waals surface area contributed by atoms with Crippen LogP contribution in [0.1, 0.15) is 39.5 Å². The number of rotatable bonds is 1. The van der Waals surface area contributed by atoms with Crippen molar-refractivity contribution < 1.29 is 14.3 Å². The molecule has 0 radical (unpaired) electrons. The van der Waals surface area contributed by atoms with Crippen molar-refractivity contribution in [3.05, 3.63) is 0 Å². The van der Waals surface area contributed by atoms with Gasteiger partial charge in [0, 0.05) is 12.6 Å². The predicted molar refractivity (Wildman–Crippen MR) is 56.3 cm³/mol. The fourth-order valence-corrected chi connectivity index (χ4v) is 1.89. The van der Waals surface area contributed by atoms with E-state index in [4.69, 9.17) is 4.74 Å². The molecule has 1 amide bonds. The van der Waals surface area contributed by atoms with Crippen molar-refractivity contribution in [1.82, 2.24) is 4.90 Å². The van der Waals surface area contributed by atoms with Gasteiger partial charge in [-0.1, -0.05) is 12.8 Å². The molecule has 1 heterocycles. The first-order valence-corrected chi connectivity index (χ1v) is 5.64. The van der Waals surface area contributed by atoms with Gasteiger partial charge >= 0.3 is 11.9 Å². The van der Waals surface area contributed by atoms with E-state index in [-0.39, 0.29) is 12.6 Å². The first-order valence-electron chi connectivity index (χ1n) is 5.64. The van der Waals surface area contributed by atoms with Crippen molar-refractivity contribution in [3.8, 4) is 0 Å². The highest BCUT2D eigenvalue weighted by atomic mass is 16.5. The fraction of sp³-hybridized carbons (Fsp3) is 0.818. The summed E-state index contributed by atoms with van der Waals surface area (Å²) >= 11 is 0. The Morgan fingerprint density at radius 1 is 1.33 bits per heavy atom. The molecular weight excluding hydrogens is 194 g/mol. The molecule has 1 atom stereocenters. The molecule has 1 rings (SSSR count). The zero-order chi connectivity index (χ0) is 11.3. The number of hydrogen-bond acceptors (Lipinski definition) is 3. The molecule has 1 aliphatic rings. The summed E-state index contributed by atoms with van der Waals surface area (Å²) in [4.78, 5) is 24.6. The molecule has 0 spiro atoms. The monoisotopic (exact) mass is 213 g/mol. The van der Waals surface area contributed by atoms with Crippen LogP contribution in [0, 0.1) is 0 Å². The van der Waals surface area contributed by atoms with Crippen LogP contribution in [-0.2, 0) is 14.3 Å².